The Bertz CT molecular complexity index is 919. The molecule has 0 amide bonds. The van der Waals surface area contributed by atoms with Gasteiger partial charge in [-0.05, 0) is 63.0 Å². The van der Waals surface area contributed by atoms with E-state index in [4.69, 9.17) is 0 Å². The van der Waals surface area contributed by atoms with E-state index in [1.807, 2.05) is 0 Å². The van der Waals surface area contributed by atoms with Crippen molar-refractivity contribution in [2.24, 2.45) is 28.6 Å². The largest absolute Gasteiger partial charge is 1.00 e. The Morgan fingerprint density at radius 1 is 1.26 bits per heavy atom. The summed E-state index contributed by atoms with van der Waals surface area (Å²) >= 11 is 0. The zero-order valence-corrected chi connectivity index (χ0v) is 22.6. The predicted molar refractivity (Wildman–Crippen MR) is 115 cm³/mol. The van der Waals surface area contributed by atoms with Crippen LogP contribution in [0.5, 0.6) is 0 Å². The molecule has 3 fully saturated rings. The molecule has 0 heterocycles. The minimum absolute atomic E-state index is 0. The Morgan fingerprint density at radius 2 is 1.85 bits per heavy atom. The van der Waals surface area contributed by atoms with Crippen LogP contribution in [0, 0.1) is 28.6 Å². The van der Waals surface area contributed by atoms with Crippen LogP contribution in [0.25, 0.3) is 0 Å². The molecule has 8 atom stereocenters. The second-order valence-corrected chi connectivity index (χ2v) is 10.5. The number of hydrogen-bond acceptors (Lipinski definition) is 7. The van der Waals surface area contributed by atoms with Crippen LogP contribution in [0.3, 0.4) is 0 Å². The third-order valence-corrected chi connectivity index (χ3v) is 9.08. The maximum Gasteiger partial charge on any atom is 1.00 e. The molecule has 7 nitrogen and oxygen atoms in total. The summed E-state index contributed by atoms with van der Waals surface area (Å²) < 4.78 is 16.9. The van der Waals surface area contributed by atoms with Gasteiger partial charge in [0.15, 0.2) is 17.2 Å². The minimum atomic E-state index is -1.98. The number of aliphatic carboxylic acids is 1. The van der Waals surface area contributed by atoms with Crippen LogP contribution in [0.2, 0.25) is 0 Å². The first-order valence-electron chi connectivity index (χ1n) is 11.6. The molecular weight excluding hydrogens is 454 g/mol. The number of carbonyl (C=O) groups excluding carboxylic acids is 3. The van der Waals surface area contributed by atoms with E-state index in [0.29, 0.717) is 24.8 Å². The maximum atomic E-state index is 16.9. The van der Waals surface area contributed by atoms with Crippen LogP contribution in [0.1, 0.15) is 59.8 Å². The molecule has 0 unspecified atom stereocenters. The number of Topliss-reactive ketones (excluding diaryl/α,β-unsaturated/α-hetero) is 1. The van der Waals surface area contributed by atoms with E-state index >= 15 is 4.39 Å². The van der Waals surface area contributed by atoms with Gasteiger partial charge in [-0.1, -0.05) is 32.4 Å². The smallest absolute Gasteiger partial charge is 0.550 e. The molecule has 3 N–H and O–H groups in total. The van der Waals surface area contributed by atoms with Crippen LogP contribution in [-0.2, 0) is 14.4 Å². The predicted octanol–water partition coefficient (Wildman–Crippen LogP) is -1.95. The Balaban J connectivity index is 0.000000619. The topological polar surface area (TPSA) is 135 Å². The second-order valence-electron chi connectivity index (χ2n) is 10.5. The molecule has 34 heavy (non-hydrogen) atoms. The number of carbonyl (C=O) groups is 3. The van der Waals surface area contributed by atoms with E-state index in [0.717, 1.165) is 0 Å². The summed E-state index contributed by atoms with van der Waals surface area (Å²) in [5, 5.41) is 41.2. The Kier molecular flexibility index (Phi) is 8.51. The summed E-state index contributed by atoms with van der Waals surface area (Å²) in [5.41, 5.74) is -5.17. The van der Waals surface area contributed by atoms with Crippen LogP contribution >= 0.6 is 0 Å². The molecule has 0 saturated heterocycles. The molecule has 0 aromatic carbocycles. The standard InChI is InChI=1S/C22H29FO5.C3H6O2.Na/c1-12-8-16-15-5-4-13-9-14(25)6-7-19(13,2)21(15,23)17(26)10-20(16,3)22(12,28)18(27)11-24;1-2-3(4)5;/h6-7,9,12,15-17,24,26,28H,4-5,8,10-11H2,1-3H3;2H2,1H3,(H,4,5);/q;;+1/p-1/t12-,15-,16-,17-,19-,20-,21-,22-;;/m0../s1. The van der Waals surface area contributed by atoms with Crippen molar-refractivity contribution in [3.63, 3.8) is 0 Å². The van der Waals surface area contributed by atoms with Gasteiger partial charge in [0.1, 0.15) is 12.2 Å². The fraction of sp³-hybridized carbons (Fsp3) is 0.720. The van der Waals surface area contributed by atoms with Gasteiger partial charge >= 0.3 is 29.6 Å². The first kappa shape index (κ1) is 29.3. The number of aliphatic hydroxyl groups is 3. The third-order valence-electron chi connectivity index (χ3n) is 9.08. The molecule has 0 radical (unpaired) electrons. The summed E-state index contributed by atoms with van der Waals surface area (Å²) in [4.78, 5) is 33.6. The molecule has 0 aliphatic heterocycles. The molecule has 0 aromatic heterocycles. The van der Waals surface area contributed by atoms with Crippen molar-refractivity contribution in [1.82, 2.24) is 0 Å². The summed E-state index contributed by atoms with van der Waals surface area (Å²) in [5.74, 6) is -3.11. The zero-order valence-electron chi connectivity index (χ0n) is 20.6. The van der Waals surface area contributed by atoms with Crippen LogP contribution in [0.15, 0.2) is 23.8 Å². The van der Waals surface area contributed by atoms with E-state index in [1.165, 1.54) is 19.1 Å². The second kappa shape index (κ2) is 9.87. The summed E-state index contributed by atoms with van der Waals surface area (Å²) in [6, 6.07) is 0. The van der Waals surface area contributed by atoms with Gasteiger partial charge in [-0.15, -0.1) is 0 Å². The van der Waals surface area contributed by atoms with E-state index in [1.54, 1.807) is 26.8 Å². The van der Waals surface area contributed by atoms with Crippen molar-refractivity contribution in [1.29, 1.82) is 0 Å². The van der Waals surface area contributed by atoms with Crippen molar-refractivity contribution in [2.45, 2.75) is 77.2 Å². The number of allylic oxidation sites excluding steroid dienone is 4. The fourth-order valence-corrected chi connectivity index (χ4v) is 7.26. The molecule has 4 aliphatic carbocycles. The molecule has 9 heteroatoms. The van der Waals surface area contributed by atoms with Gasteiger partial charge < -0.3 is 25.2 Å². The van der Waals surface area contributed by atoms with Crippen LogP contribution < -0.4 is 34.7 Å². The molecule has 4 aliphatic rings. The van der Waals surface area contributed by atoms with Crippen LogP contribution in [-0.4, -0.2) is 56.8 Å². The Hall–Kier alpha value is -0.900. The average Bonchev–Trinajstić information content (AvgIpc) is 2.96. The average molecular weight is 489 g/mol. The quantitative estimate of drug-likeness (QED) is 0.393. The molecule has 0 bridgehead atoms. The number of hydrogen-bond donors (Lipinski definition) is 3. The van der Waals surface area contributed by atoms with E-state index in [9.17, 15) is 34.8 Å². The van der Waals surface area contributed by atoms with Gasteiger partial charge in [0.25, 0.3) is 0 Å². The van der Waals surface area contributed by atoms with Crippen molar-refractivity contribution in [3.05, 3.63) is 23.8 Å². The van der Waals surface area contributed by atoms with Crippen molar-refractivity contribution < 1.29 is 68.8 Å². The van der Waals surface area contributed by atoms with Crippen molar-refractivity contribution in [2.75, 3.05) is 6.61 Å². The number of fused-ring (bicyclic) bond motifs is 5. The summed E-state index contributed by atoms with van der Waals surface area (Å²) in [7, 11) is 0. The number of halogens is 1. The van der Waals surface area contributed by atoms with Crippen LogP contribution in [0.4, 0.5) is 4.39 Å². The first-order valence-corrected chi connectivity index (χ1v) is 11.6. The van der Waals surface area contributed by atoms with Gasteiger partial charge in [-0.2, -0.15) is 0 Å². The molecular formula is C25H34FNaO7. The summed E-state index contributed by atoms with van der Waals surface area (Å²) in [6.07, 6.45) is 4.55. The van der Waals surface area contributed by atoms with Crippen molar-refractivity contribution >= 4 is 17.5 Å². The SMILES string of the molecule is CCC(=O)[O-].C[C@H]1C[C@H]2[C@@H]3CCC4=CC(=O)C=C[C@]4(C)[C@@]3(F)[C@@H](O)C[C@]2(C)[C@@]1(O)C(=O)CO.[Na+]. The van der Waals surface area contributed by atoms with Gasteiger partial charge in [-0.25, -0.2) is 4.39 Å². The number of ketones is 2. The van der Waals surface area contributed by atoms with E-state index < -0.39 is 58.4 Å². The normalized spacial score (nSPS) is 44.4. The van der Waals surface area contributed by atoms with Gasteiger partial charge in [0, 0.05) is 22.7 Å². The Labute approximate surface area is 221 Å². The fourth-order valence-electron chi connectivity index (χ4n) is 7.26. The van der Waals surface area contributed by atoms with Crippen molar-refractivity contribution in [3.8, 4) is 0 Å². The number of aliphatic hydroxyl groups excluding tert-OH is 2. The number of rotatable bonds is 3. The monoisotopic (exact) mass is 488 g/mol. The molecule has 3 saturated carbocycles. The molecule has 184 valence electrons. The van der Waals surface area contributed by atoms with E-state index in [2.05, 4.69) is 0 Å². The minimum Gasteiger partial charge on any atom is -0.550 e. The third kappa shape index (κ3) is 3.89. The van der Waals surface area contributed by atoms with Gasteiger partial charge in [-0.3, -0.25) is 9.59 Å². The molecule has 4 rings (SSSR count). The number of carboxylic acid groups (broad SMARTS) is 1. The van der Waals surface area contributed by atoms with Gasteiger partial charge in [0.05, 0.1) is 6.10 Å². The Morgan fingerprint density at radius 3 is 2.38 bits per heavy atom. The molecule has 0 aromatic rings. The van der Waals surface area contributed by atoms with Gasteiger partial charge in [0.2, 0.25) is 0 Å². The maximum absolute atomic E-state index is 16.9. The number of carboxylic acids is 1. The van der Waals surface area contributed by atoms with E-state index in [-0.39, 0.29) is 54.1 Å². The molecule has 0 spiro atoms. The number of alkyl halides is 1. The summed E-state index contributed by atoms with van der Waals surface area (Å²) in [6.45, 7) is 6.02. The zero-order chi connectivity index (χ0) is 25.0. The first-order chi connectivity index (χ1) is 15.2.